The van der Waals surface area contributed by atoms with Gasteiger partial charge in [0.15, 0.2) is 0 Å². The molecule has 0 bridgehead atoms. The topological polar surface area (TPSA) is 102 Å². The first-order valence-corrected chi connectivity index (χ1v) is 13.5. The van der Waals surface area contributed by atoms with Crippen molar-refractivity contribution in [1.29, 1.82) is 0 Å². The molecule has 1 aliphatic carbocycles. The number of carbonyl (C=O) groups excluding carboxylic acids is 2. The minimum absolute atomic E-state index is 0.00241. The van der Waals surface area contributed by atoms with Crippen LogP contribution in [-0.2, 0) is 9.59 Å². The molecule has 1 saturated carbocycles. The van der Waals surface area contributed by atoms with Crippen LogP contribution in [0.5, 0.6) is 0 Å². The van der Waals surface area contributed by atoms with Crippen molar-refractivity contribution in [3.05, 3.63) is 60.8 Å². The van der Waals surface area contributed by atoms with Crippen molar-refractivity contribution in [2.75, 3.05) is 48.3 Å². The maximum Gasteiger partial charge on any atom is 0.239 e. The molecular formula is C29H33N7O2. The van der Waals surface area contributed by atoms with Gasteiger partial charge in [-0.15, -0.1) is 0 Å². The third-order valence-electron chi connectivity index (χ3n) is 7.50. The van der Waals surface area contributed by atoms with E-state index in [-0.39, 0.29) is 23.8 Å². The summed E-state index contributed by atoms with van der Waals surface area (Å²) in [6.45, 7) is 4.10. The molecule has 3 fully saturated rings. The highest BCUT2D eigenvalue weighted by Gasteiger charge is 2.30. The van der Waals surface area contributed by atoms with Crippen LogP contribution in [0.4, 0.5) is 23.0 Å². The predicted octanol–water partition coefficient (Wildman–Crippen LogP) is 3.64. The number of hydrogen-bond donors (Lipinski definition) is 3. The molecule has 38 heavy (non-hydrogen) atoms. The molecule has 1 unspecified atom stereocenters. The lowest BCUT2D eigenvalue weighted by Gasteiger charge is -2.37. The lowest BCUT2D eigenvalue weighted by atomic mass is 10.1. The largest absolute Gasteiger partial charge is 0.368 e. The Bertz CT molecular complexity index is 1290. The van der Waals surface area contributed by atoms with Gasteiger partial charge in [-0.25, -0.2) is 9.97 Å². The second-order valence-corrected chi connectivity index (χ2v) is 10.2. The van der Waals surface area contributed by atoms with Gasteiger partial charge in [-0.3, -0.25) is 9.59 Å². The van der Waals surface area contributed by atoms with E-state index in [0.717, 1.165) is 86.7 Å². The second kappa shape index (κ2) is 10.8. The maximum atomic E-state index is 12.7. The zero-order valence-corrected chi connectivity index (χ0v) is 21.4. The molecule has 2 saturated heterocycles. The number of aromatic nitrogens is 2. The van der Waals surface area contributed by atoms with Crippen LogP contribution in [0.15, 0.2) is 60.8 Å². The quantitative estimate of drug-likeness (QED) is 0.445. The third kappa shape index (κ3) is 5.47. The van der Waals surface area contributed by atoms with Crippen molar-refractivity contribution in [2.45, 2.75) is 31.7 Å². The number of nitrogens with one attached hydrogen (secondary N) is 3. The van der Waals surface area contributed by atoms with Gasteiger partial charge in [0.2, 0.25) is 17.8 Å². The Hall–Kier alpha value is -3.98. The number of nitrogens with zero attached hydrogens (tertiary/aromatic N) is 4. The lowest BCUT2D eigenvalue weighted by Crippen LogP contribution is -2.53. The third-order valence-corrected chi connectivity index (χ3v) is 7.50. The van der Waals surface area contributed by atoms with Crippen LogP contribution in [0, 0.1) is 5.92 Å². The first kappa shape index (κ1) is 24.4. The summed E-state index contributed by atoms with van der Waals surface area (Å²) in [7, 11) is 0. The van der Waals surface area contributed by atoms with Gasteiger partial charge in [0.25, 0.3) is 0 Å². The van der Waals surface area contributed by atoms with Crippen LogP contribution in [0.3, 0.4) is 0 Å². The summed E-state index contributed by atoms with van der Waals surface area (Å²) >= 11 is 0. The molecule has 6 rings (SSSR count). The fraction of sp³-hybridized carbons (Fsp3) is 0.379. The van der Waals surface area contributed by atoms with Gasteiger partial charge in [-0.05, 0) is 68.6 Å². The molecule has 3 aromatic rings. The summed E-state index contributed by atoms with van der Waals surface area (Å²) in [6, 6.07) is 17.8. The molecule has 2 amide bonds. The number of carbonyl (C=O) groups is 2. The molecule has 2 aromatic carbocycles. The van der Waals surface area contributed by atoms with Crippen molar-refractivity contribution >= 4 is 34.8 Å². The number of amides is 2. The zero-order valence-electron chi connectivity index (χ0n) is 21.4. The number of benzene rings is 2. The monoisotopic (exact) mass is 511 g/mol. The fourth-order valence-electron chi connectivity index (χ4n) is 5.15. The van der Waals surface area contributed by atoms with Gasteiger partial charge in [-0.2, -0.15) is 0 Å². The fourth-order valence-corrected chi connectivity index (χ4v) is 5.15. The molecule has 3 N–H and O–H groups in total. The predicted molar refractivity (Wildman–Crippen MR) is 148 cm³/mol. The van der Waals surface area contributed by atoms with Gasteiger partial charge in [0, 0.05) is 55.2 Å². The lowest BCUT2D eigenvalue weighted by molar-refractivity contribution is -0.133. The van der Waals surface area contributed by atoms with Crippen LogP contribution < -0.4 is 20.9 Å². The SMILES string of the molecule is O=C(Nc1ccccc1-c1ccnc(Nc2ccc(N3CCN(C(=O)C4CCCN4)CC3)cc2)n1)C1CC1. The minimum atomic E-state index is 0.00241. The number of hydrogen-bond acceptors (Lipinski definition) is 7. The summed E-state index contributed by atoms with van der Waals surface area (Å²) in [6.07, 6.45) is 5.67. The van der Waals surface area contributed by atoms with Gasteiger partial charge in [-0.1, -0.05) is 18.2 Å². The number of anilines is 4. The standard InChI is InChI=1S/C29H33N7O2/c37-27(20-7-8-20)33-24-5-2-1-4-23(24)25-13-15-31-29(34-25)32-21-9-11-22(12-10-21)35-16-18-36(19-17-35)28(38)26-6-3-14-30-26/h1-2,4-5,9-13,15,20,26,30H,3,6-8,14,16-19H2,(H,33,37)(H,31,32,34). The molecule has 3 heterocycles. The van der Waals surface area contributed by atoms with E-state index in [0.29, 0.717) is 5.95 Å². The highest BCUT2D eigenvalue weighted by molar-refractivity contribution is 5.97. The normalized spacial score (nSPS) is 19.3. The average molecular weight is 512 g/mol. The summed E-state index contributed by atoms with van der Waals surface area (Å²) in [5, 5.41) is 9.66. The van der Waals surface area contributed by atoms with E-state index in [9.17, 15) is 9.59 Å². The molecule has 1 atom stereocenters. The average Bonchev–Trinajstić information content (AvgIpc) is 3.68. The molecule has 196 valence electrons. The van der Waals surface area contributed by atoms with E-state index in [1.54, 1.807) is 6.20 Å². The molecule has 9 nitrogen and oxygen atoms in total. The second-order valence-electron chi connectivity index (χ2n) is 10.2. The molecule has 2 aliphatic heterocycles. The van der Waals surface area contributed by atoms with Crippen molar-refractivity contribution in [2.24, 2.45) is 5.92 Å². The van der Waals surface area contributed by atoms with Crippen molar-refractivity contribution in [3.8, 4) is 11.3 Å². The molecule has 0 radical (unpaired) electrons. The van der Waals surface area contributed by atoms with Gasteiger partial charge >= 0.3 is 0 Å². The van der Waals surface area contributed by atoms with Crippen LogP contribution in [0.25, 0.3) is 11.3 Å². The van der Waals surface area contributed by atoms with E-state index in [1.165, 1.54) is 0 Å². The first-order valence-electron chi connectivity index (χ1n) is 13.5. The molecular weight excluding hydrogens is 478 g/mol. The van der Waals surface area contributed by atoms with Gasteiger partial charge in [0.05, 0.1) is 17.4 Å². The number of piperazine rings is 1. The Kier molecular flexibility index (Phi) is 6.92. The highest BCUT2D eigenvalue weighted by atomic mass is 16.2. The maximum absolute atomic E-state index is 12.7. The molecule has 1 aromatic heterocycles. The van der Waals surface area contributed by atoms with E-state index in [1.807, 2.05) is 47.4 Å². The zero-order chi connectivity index (χ0) is 25.9. The van der Waals surface area contributed by atoms with Crippen LogP contribution in [0.1, 0.15) is 25.7 Å². The minimum Gasteiger partial charge on any atom is -0.368 e. The van der Waals surface area contributed by atoms with E-state index in [4.69, 9.17) is 4.98 Å². The van der Waals surface area contributed by atoms with E-state index < -0.39 is 0 Å². The van der Waals surface area contributed by atoms with Crippen molar-refractivity contribution < 1.29 is 9.59 Å². The summed E-state index contributed by atoms with van der Waals surface area (Å²) < 4.78 is 0. The van der Waals surface area contributed by atoms with Gasteiger partial charge in [0.1, 0.15) is 0 Å². The van der Waals surface area contributed by atoms with Crippen LogP contribution >= 0.6 is 0 Å². The summed E-state index contributed by atoms with van der Waals surface area (Å²) in [5.41, 5.74) is 4.40. The smallest absolute Gasteiger partial charge is 0.239 e. The van der Waals surface area contributed by atoms with Crippen LogP contribution in [-0.4, -0.2) is 65.4 Å². The van der Waals surface area contributed by atoms with Crippen molar-refractivity contribution in [3.63, 3.8) is 0 Å². The van der Waals surface area contributed by atoms with Crippen molar-refractivity contribution in [1.82, 2.24) is 20.2 Å². The number of rotatable bonds is 7. The first-order chi connectivity index (χ1) is 18.6. The highest BCUT2D eigenvalue weighted by Crippen LogP contribution is 2.33. The Morgan fingerprint density at radius 3 is 2.45 bits per heavy atom. The molecule has 9 heteroatoms. The van der Waals surface area contributed by atoms with Gasteiger partial charge < -0.3 is 25.8 Å². The summed E-state index contributed by atoms with van der Waals surface area (Å²) in [4.78, 5) is 38.4. The van der Waals surface area contributed by atoms with E-state index >= 15 is 0 Å². The molecule has 0 spiro atoms. The van der Waals surface area contributed by atoms with E-state index in [2.05, 4.69) is 38.0 Å². The molecule has 3 aliphatic rings. The summed E-state index contributed by atoms with van der Waals surface area (Å²) in [5.74, 6) is 0.945. The van der Waals surface area contributed by atoms with Crippen LogP contribution in [0.2, 0.25) is 0 Å². The Morgan fingerprint density at radius 1 is 0.921 bits per heavy atom. The number of para-hydroxylation sites is 1. The Balaban J connectivity index is 1.08. The Morgan fingerprint density at radius 2 is 1.71 bits per heavy atom. The Labute approximate surface area is 222 Å².